The average Bonchev–Trinajstić information content (AvgIpc) is 1.65. The lowest BCUT2D eigenvalue weighted by molar-refractivity contribution is 0.771. The van der Waals surface area contributed by atoms with E-state index in [9.17, 15) is 0 Å². The monoisotopic (exact) mass is 118 g/mol. The van der Waals surface area contributed by atoms with Crippen molar-refractivity contribution in [3.8, 4) is 0 Å². The van der Waals surface area contributed by atoms with Crippen LogP contribution in [0.5, 0.6) is 0 Å². The molecule has 0 unspecified atom stereocenters. The Labute approximate surface area is 50.2 Å². The van der Waals surface area contributed by atoms with E-state index in [4.69, 9.17) is 11.6 Å². The minimum atomic E-state index is 0.595. The molecule has 42 valence electrons. The Balaban J connectivity index is 3.56. The highest BCUT2D eigenvalue weighted by molar-refractivity contribution is 6.25. The largest absolute Gasteiger partial charge is 0.0930 e. The van der Waals surface area contributed by atoms with Crippen molar-refractivity contribution in [2.75, 3.05) is 0 Å². The summed E-state index contributed by atoms with van der Waals surface area (Å²) in [7, 11) is 0. The number of halogens is 1. The van der Waals surface area contributed by atoms with E-state index in [1.165, 1.54) is 5.57 Å². The predicted octanol–water partition coefficient (Wildman–Crippen LogP) is 2.79. The minimum Gasteiger partial charge on any atom is -0.0930 e. The van der Waals surface area contributed by atoms with Crippen LogP contribution in [0, 0.1) is 5.92 Å². The fourth-order valence-corrected chi connectivity index (χ4v) is 0.378. The van der Waals surface area contributed by atoms with Crippen LogP contribution < -0.4 is 0 Å². The molecule has 0 aliphatic heterocycles. The molecule has 0 bridgehead atoms. The lowest BCUT2D eigenvalue weighted by Gasteiger charge is -1.99. The van der Waals surface area contributed by atoms with Gasteiger partial charge in [-0.1, -0.05) is 31.0 Å². The van der Waals surface area contributed by atoms with E-state index >= 15 is 0 Å². The van der Waals surface area contributed by atoms with Gasteiger partial charge in [-0.3, -0.25) is 0 Å². The van der Waals surface area contributed by atoms with E-state index in [1.54, 1.807) is 5.54 Å². The molecule has 0 radical (unpaired) electrons. The Morgan fingerprint density at radius 1 is 1.57 bits per heavy atom. The van der Waals surface area contributed by atoms with Gasteiger partial charge >= 0.3 is 0 Å². The molecule has 0 aromatic carbocycles. The van der Waals surface area contributed by atoms with Crippen LogP contribution >= 0.6 is 11.6 Å². The summed E-state index contributed by atoms with van der Waals surface area (Å²) in [5.74, 6) is 0.595. The molecule has 0 aromatic rings. The molecule has 0 rings (SSSR count). The lowest BCUT2D eigenvalue weighted by atomic mass is 10.1. The van der Waals surface area contributed by atoms with E-state index in [2.05, 4.69) is 13.8 Å². The summed E-state index contributed by atoms with van der Waals surface area (Å²) in [4.78, 5) is 0. The van der Waals surface area contributed by atoms with Gasteiger partial charge in [0.25, 0.3) is 0 Å². The highest BCUT2D eigenvalue weighted by Crippen LogP contribution is 2.07. The molecule has 7 heavy (non-hydrogen) atoms. The molecule has 0 amide bonds. The Bertz CT molecular complexity index is 72.2. The molecule has 0 spiro atoms. The van der Waals surface area contributed by atoms with Crippen LogP contribution in [-0.2, 0) is 0 Å². The second-order valence-electron chi connectivity index (χ2n) is 2.01. The Morgan fingerprint density at radius 2 is 2.00 bits per heavy atom. The van der Waals surface area contributed by atoms with Crippen LogP contribution in [0.2, 0.25) is 0 Å². The van der Waals surface area contributed by atoms with Crippen molar-refractivity contribution in [2.45, 2.75) is 20.8 Å². The molecule has 0 saturated carbocycles. The van der Waals surface area contributed by atoms with Gasteiger partial charge in [0.1, 0.15) is 0 Å². The summed E-state index contributed by atoms with van der Waals surface area (Å²) in [6.07, 6.45) is 0. The van der Waals surface area contributed by atoms with E-state index in [-0.39, 0.29) is 0 Å². The smallest absolute Gasteiger partial charge is 0.00342 e. The maximum atomic E-state index is 5.38. The zero-order valence-electron chi connectivity index (χ0n) is 5.03. The maximum absolute atomic E-state index is 5.38. The van der Waals surface area contributed by atoms with Gasteiger partial charge in [-0.15, -0.1) is 0 Å². The van der Waals surface area contributed by atoms with Gasteiger partial charge in [0, 0.05) is 5.54 Å². The summed E-state index contributed by atoms with van der Waals surface area (Å²) in [5.41, 5.74) is 2.87. The molecule has 0 heterocycles. The van der Waals surface area contributed by atoms with E-state index < -0.39 is 0 Å². The van der Waals surface area contributed by atoms with Crippen molar-refractivity contribution in [1.29, 1.82) is 0 Å². The number of rotatable bonds is 1. The SMILES string of the molecule is C/C(=C/Cl)C(C)C. The number of allylic oxidation sites excluding steroid dienone is 1. The number of hydrogen-bond acceptors (Lipinski definition) is 0. The molecule has 0 atom stereocenters. The molecule has 1 heteroatoms. The van der Waals surface area contributed by atoms with Crippen molar-refractivity contribution >= 4 is 11.6 Å². The molecule has 0 saturated heterocycles. The van der Waals surface area contributed by atoms with Crippen molar-refractivity contribution in [1.82, 2.24) is 0 Å². The van der Waals surface area contributed by atoms with Gasteiger partial charge in [0.2, 0.25) is 0 Å². The molecule has 0 nitrogen and oxygen atoms in total. The standard InChI is InChI=1S/C6H11Cl/c1-5(2)6(3)4-7/h4-5H,1-3H3/b6-4-. The third-order valence-electron chi connectivity index (χ3n) is 1.08. The lowest BCUT2D eigenvalue weighted by Crippen LogP contribution is -1.85. The molecule has 0 fully saturated rings. The van der Waals surface area contributed by atoms with Gasteiger partial charge in [-0.05, 0) is 12.8 Å². The molecular weight excluding hydrogens is 108 g/mol. The average molecular weight is 119 g/mol. The first-order valence-electron chi connectivity index (χ1n) is 2.45. The van der Waals surface area contributed by atoms with Crippen molar-refractivity contribution in [2.24, 2.45) is 5.92 Å². The first kappa shape index (κ1) is 7.03. The van der Waals surface area contributed by atoms with Gasteiger partial charge < -0.3 is 0 Å². The second-order valence-corrected chi connectivity index (χ2v) is 2.23. The quantitative estimate of drug-likeness (QED) is 0.497. The predicted molar refractivity (Wildman–Crippen MR) is 34.4 cm³/mol. The third-order valence-corrected chi connectivity index (χ3v) is 1.43. The zero-order chi connectivity index (χ0) is 5.86. The number of hydrogen-bond donors (Lipinski definition) is 0. The molecule has 0 N–H and O–H groups in total. The van der Waals surface area contributed by atoms with E-state index in [0.717, 1.165) is 0 Å². The van der Waals surface area contributed by atoms with Crippen LogP contribution in [0.1, 0.15) is 20.8 Å². The van der Waals surface area contributed by atoms with Gasteiger partial charge in [0.05, 0.1) is 0 Å². The van der Waals surface area contributed by atoms with Crippen LogP contribution in [-0.4, -0.2) is 0 Å². The van der Waals surface area contributed by atoms with E-state index in [1.807, 2.05) is 6.92 Å². The summed E-state index contributed by atoms with van der Waals surface area (Å²) < 4.78 is 0. The molecule has 0 aromatic heterocycles. The van der Waals surface area contributed by atoms with Gasteiger partial charge in [-0.25, -0.2) is 0 Å². The third kappa shape index (κ3) is 2.69. The van der Waals surface area contributed by atoms with Crippen molar-refractivity contribution < 1.29 is 0 Å². The Hall–Kier alpha value is 0.0300. The Morgan fingerprint density at radius 3 is 2.00 bits per heavy atom. The first-order chi connectivity index (χ1) is 3.18. The van der Waals surface area contributed by atoms with Crippen molar-refractivity contribution in [3.63, 3.8) is 0 Å². The van der Waals surface area contributed by atoms with Crippen molar-refractivity contribution in [3.05, 3.63) is 11.1 Å². The summed E-state index contributed by atoms with van der Waals surface area (Å²) in [6.45, 7) is 6.26. The van der Waals surface area contributed by atoms with Crippen LogP contribution in [0.25, 0.3) is 0 Å². The Kier molecular flexibility index (Phi) is 3.10. The van der Waals surface area contributed by atoms with Gasteiger partial charge in [-0.2, -0.15) is 0 Å². The van der Waals surface area contributed by atoms with Crippen LogP contribution in [0.15, 0.2) is 11.1 Å². The second kappa shape index (κ2) is 3.09. The molecule has 0 aliphatic carbocycles. The summed E-state index contributed by atoms with van der Waals surface area (Å²) in [6, 6.07) is 0. The first-order valence-corrected chi connectivity index (χ1v) is 2.89. The summed E-state index contributed by atoms with van der Waals surface area (Å²) in [5, 5.41) is 0. The highest BCUT2D eigenvalue weighted by atomic mass is 35.5. The molecule has 0 aliphatic rings. The maximum Gasteiger partial charge on any atom is 0.00342 e. The zero-order valence-corrected chi connectivity index (χ0v) is 5.79. The fourth-order valence-electron chi connectivity index (χ4n) is 0.126. The van der Waals surface area contributed by atoms with E-state index in [0.29, 0.717) is 5.92 Å². The minimum absolute atomic E-state index is 0.595. The highest BCUT2D eigenvalue weighted by Gasteiger charge is 1.91. The normalized spacial score (nSPS) is 13.0. The fraction of sp³-hybridized carbons (Fsp3) is 0.667. The van der Waals surface area contributed by atoms with Crippen LogP contribution in [0.3, 0.4) is 0 Å². The summed E-state index contributed by atoms with van der Waals surface area (Å²) >= 11 is 5.38. The topological polar surface area (TPSA) is 0 Å². The molecular formula is C6H11Cl. The van der Waals surface area contributed by atoms with Crippen LogP contribution in [0.4, 0.5) is 0 Å². The van der Waals surface area contributed by atoms with Gasteiger partial charge in [0.15, 0.2) is 0 Å².